The molecule has 0 aliphatic carbocycles. The molecule has 1 rings (SSSR count). The molecule has 0 unspecified atom stereocenters. The third kappa shape index (κ3) is 4.35. The van der Waals surface area contributed by atoms with E-state index in [0.717, 1.165) is 11.0 Å². The van der Waals surface area contributed by atoms with Gasteiger partial charge in [0.05, 0.1) is 6.61 Å². The minimum Gasteiger partial charge on any atom is -0.395 e. The summed E-state index contributed by atoms with van der Waals surface area (Å²) in [5.74, 6) is -0.517. The highest BCUT2D eigenvalue weighted by molar-refractivity contribution is 5.57. The van der Waals surface area contributed by atoms with Crippen LogP contribution in [0.2, 0.25) is 0 Å². The van der Waals surface area contributed by atoms with Crippen LogP contribution in [0.5, 0.6) is 0 Å². The van der Waals surface area contributed by atoms with E-state index in [1.54, 1.807) is 6.92 Å². The van der Waals surface area contributed by atoms with Crippen molar-refractivity contribution < 1.29 is 22.7 Å². The third-order valence-electron chi connectivity index (χ3n) is 2.88. The average molecular weight is 294 g/mol. The van der Waals surface area contributed by atoms with Gasteiger partial charge in [-0.3, -0.25) is 0 Å². The van der Waals surface area contributed by atoms with Crippen molar-refractivity contribution in [1.82, 2.24) is 0 Å². The molecule has 3 nitrogen and oxygen atoms in total. The summed E-state index contributed by atoms with van der Waals surface area (Å²) in [6.45, 7) is 1.17. The molecule has 1 aromatic carbocycles. The zero-order chi connectivity index (χ0) is 15.5. The largest absolute Gasteiger partial charge is 0.405 e. The highest BCUT2D eigenvalue weighted by atomic mass is 19.4. The maximum atomic E-state index is 13.6. The highest BCUT2D eigenvalue weighted by Gasteiger charge is 2.32. The molecule has 1 atom stereocenters. The minimum atomic E-state index is -4.42. The summed E-state index contributed by atoms with van der Waals surface area (Å²) >= 11 is 0. The molecule has 0 saturated carbocycles. The third-order valence-corrected chi connectivity index (χ3v) is 2.88. The van der Waals surface area contributed by atoms with Gasteiger partial charge in [0.2, 0.25) is 0 Å². The van der Waals surface area contributed by atoms with Gasteiger partial charge in [-0.1, -0.05) is 0 Å². The first-order valence-electron chi connectivity index (χ1n) is 6.14. The molecule has 0 bridgehead atoms. The van der Waals surface area contributed by atoms with Gasteiger partial charge in [0, 0.05) is 18.3 Å². The molecule has 0 spiro atoms. The number of halogens is 4. The maximum absolute atomic E-state index is 13.6. The molecule has 0 heterocycles. The zero-order valence-electron chi connectivity index (χ0n) is 11.3. The lowest BCUT2D eigenvalue weighted by Crippen LogP contribution is -2.37. The molecule has 0 aliphatic rings. The Hall–Kier alpha value is -1.34. The number of aryl methyl sites for hydroxylation is 1. The first-order valence-corrected chi connectivity index (χ1v) is 6.14. The number of rotatable bonds is 5. The SMILES string of the molecule is Cc1cc(N(CCO)CC(F)(F)F)c([C@@H](C)N)cc1F. The number of aliphatic hydroxyl groups excluding tert-OH is 1. The van der Waals surface area contributed by atoms with Gasteiger partial charge < -0.3 is 15.7 Å². The lowest BCUT2D eigenvalue weighted by Gasteiger charge is -2.29. The maximum Gasteiger partial charge on any atom is 0.405 e. The van der Waals surface area contributed by atoms with Crippen LogP contribution in [0, 0.1) is 12.7 Å². The van der Waals surface area contributed by atoms with Gasteiger partial charge in [0.1, 0.15) is 12.4 Å². The average Bonchev–Trinajstić information content (AvgIpc) is 2.29. The normalized spacial score (nSPS) is 13.4. The van der Waals surface area contributed by atoms with Crippen LogP contribution in [0.3, 0.4) is 0 Å². The topological polar surface area (TPSA) is 49.5 Å². The number of hydrogen-bond donors (Lipinski definition) is 2. The summed E-state index contributed by atoms with van der Waals surface area (Å²) in [5, 5.41) is 8.93. The van der Waals surface area contributed by atoms with E-state index in [1.165, 1.54) is 13.0 Å². The lowest BCUT2D eigenvalue weighted by molar-refractivity contribution is -0.119. The van der Waals surface area contributed by atoms with Crippen LogP contribution in [0.25, 0.3) is 0 Å². The summed E-state index contributed by atoms with van der Waals surface area (Å²) in [4.78, 5) is 0.963. The molecular weight excluding hydrogens is 276 g/mol. The Balaban J connectivity index is 3.27. The van der Waals surface area contributed by atoms with E-state index in [9.17, 15) is 17.6 Å². The molecular formula is C13H18F4N2O. The van der Waals surface area contributed by atoms with Crippen molar-refractivity contribution in [2.24, 2.45) is 5.73 Å². The standard InChI is InChI=1S/C13H18F4N2O/c1-8-5-12(10(9(2)18)6-11(8)14)19(3-4-20)7-13(15,16)17/h5-6,9,20H,3-4,7,18H2,1-2H3/t9-/m1/s1. The molecule has 114 valence electrons. The van der Waals surface area contributed by atoms with Crippen molar-refractivity contribution in [3.05, 3.63) is 29.1 Å². The first kappa shape index (κ1) is 16.7. The summed E-state index contributed by atoms with van der Waals surface area (Å²) in [6, 6.07) is 1.86. The quantitative estimate of drug-likeness (QED) is 0.820. The van der Waals surface area contributed by atoms with Crippen molar-refractivity contribution in [3.8, 4) is 0 Å². The van der Waals surface area contributed by atoms with E-state index in [-0.39, 0.29) is 23.4 Å². The van der Waals surface area contributed by atoms with Crippen molar-refractivity contribution in [3.63, 3.8) is 0 Å². The number of anilines is 1. The van der Waals surface area contributed by atoms with Gasteiger partial charge >= 0.3 is 6.18 Å². The number of nitrogens with zero attached hydrogens (tertiary/aromatic N) is 1. The van der Waals surface area contributed by atoms with Crippen molar-refractivity contribution in [1.29, 1.82) is 0 Å². The number of nitrogens with two attached hydrogens (primary N) is 1. The summed E-state index contributed by atoms with van der Waals surface area (Å²) in [5.41, 5.74) is 6.41. The second-order valence-corrected chi connectivity index (χ2v) is 4.71. The Morgan fingerprint density at radius 2 is 1.95 bits per heavy atom. The van der Waals surface area contributed by atoms with Gasteiger partial charge in [-0.2, -0.15) is 13.2 Å². The molecule has 0 aliphatic heterocycles. The van der Waals surface area contributed by atoms with E-state index in [0.29, 0.717) is 0 Å². The first-order chi connectivity index (χ1) is 9.15. The van der Waals surface area contributed by atoms with Crippen LogP contribution >= 0.6 is 0 Å². The Morgan fingerprint density at radius 1 is 1.35 bits per heavy atom. The minimum absolute atomic E-state index is 0.199. The number of benzene rings is 1. The zero-order valence-corrected chi connectivity index (χ0v) is 11.3. The molecule has 0 aromatic heterocycles. The molecule has 20 heavy (non-hydrogen) atoms. The molecule has 3 N–H and O–H groups in total. The van der Waals surface area contributed by atoms with Crippen LogP contribution in [-0.2, 0) is 0 Å². The van der Waals surface area contributed by atoms with E-state index in [4.69, 9.17) is 10.8 Å². The monoisotopic (exact) mass is 294 g/mol. The second kappa shape index (κ2) is 6.41. The Kier molecular flexibility index (Phi) is 5.35. The van der Waals surface area contributed by atoms with Crippen LogP contribution in [0.1, 0.15) is 24.1 Å². The lowest BCUT2D eigenvalue weighted by atomic mass is 10.0. The van der Waals surface area contributed by atoms with E-state index >= 15 is 0 Å². The summed E-state index contributed by atoms with van der Waals surface area (Å²) < 4.78 is 51.4. The smallest absolute Gasteiger partial charge is 0.395 e. The molecule has 0 amide bonds. The van der Waals surface area contributed by atoms with Gasteiger partial charge in [0.25, 0.3) is 0 Å². The van der Waals surface area contributed by atoms with Gasteiger partial charge in [0.15, 0.2) is 0 Å². The number of alkyl halides is 3. The van der Waals surface area contributed by atoms with E-state index in [1.807, 2.05) is 0 Å². The molecule has 0 fully saturated rings. The molecule has 7 heteroatoms. The predicted octanol–water partition coefficient (Wildman–Crippen LogP) is 2.51. The van der Waals surface area contributed by atoms with Crippen LogP contribution in [0.15, 0.2) is 12.1 Å². The second-order valence-electron chi connectivity index (χ2n) is 4.71. The molecule has 1 aromatic rings. The Labute approximate surface area is 115 Å². The number of aliphatic hydroxyl groups is 1. The number of hydrogen-bond acceptors (Lipinski definition) is 3. The Bertz CT molecular complexity index is 460. The molecule has 0 saturated heterocycles. The highest BCUT2D eigenvalue weighted by Crippen LogP contribution is 2.30. The van der Waals surface area contributed by atoms with Crippen LogP contribution in [0.4, 0.5) is 23.2 Å². The summed E-state index contributed by atoms with van der Waals surface area (Å²) in [7, 11) is 0. The Morgan fingerprint density at radius 3 is 2.40 bits per heavy atom. The van der Waals surface area contributed by atoms with Crippen molar-refractivity contribution in [2.45, 2.75) is 26.1 Å². The van der Waals surface area contributed by atoms with E-state index < -0.39 is 31.2 Å². The van der Waals surface area contributed by atoms with Crippen LogP contribution in [-0.4, -0.2) is 31.0 Å². The molecule has 0 radical (unpaired) electrons. The van der Waals surface area contributed by atoms with Gasteiger partial charge in [-0.15, -0.1) is 0 Å². The van der Waals surface area contributed by atoms with Crippen molar-refractivity contribution >= 4 is 5.69 Å². The predicted molar refractivity (Wildman–Crippen MR) is 69.1 cm³/mol. The van der Waals surface area contributed by atoms with Crippen molar-refractivity contribution in [2.75, 3.05) is 24.6 Å². The van der Waals surface area contributed by atoms with Crippen LogP contribution < -0.4 is 10.6 Å². The fourth-order valence-electron chi connectivity index (χ4n) is 1.94. The van der Waals surface area contributed by atoms with E-state index in [2.05, 4.69) is 0 Å². The van der Waals surface area contributed by atoms with Gasteiger partial charge in [-0.25, -0.2) is 4.39 Å². The summed E-state index contributed by atoms with van der Waals surface area (Å²) in [6.07, 6.45) is -4.42. The fraction of sp³-hybridized carbons (Fsp3) is 0.538. The fourth-order valence-corrected chi connectivity index (χ4v) is 1.94. The van der Waals surface area contributed by atoms with Gasteiger partial charge in [-0.05, 0) is 37.1 Å².